The summed E-state index contributed by atoms with van der Waals surface area (Å²) in [4.78, 5) is -0.553. The summed E-state index contributed by atoms with van der Waals surface area (Å²) in [5.41, 5.74) is 0. The van der Waals surface area contributed by atoms with Gasteiger partial charge in [-0.3, -0.25) is 0 Å². The van der Waals surface area contributed by atoms with E-state index in [4.69, 9.17) is 9.88 Å². The van der Waals surface area contributed by atoms with Gasteiger partial charge in [-0.2, -0.15) is 0 Å². The Hall–Kier alpha value is -0.660. The third kappa shape index (κ3) is 3.16. The van der Waals surface area contributed by atoms with Crippen molar-refractivity contribution in [2.45, 2.75) is 18.2 Å². The zero-order valence-corrected chi connectivity index (χ0v) is 10.9. The molecule has 4 nitrogen and oxygen atoms in total. The fourth-order valence-corrected chi connectivity index (χ4v) is 2.27. The number of primary sulfonamides is 1. The molecule has 1 aromatic carbocycles. The highest BCUT2D eigenvalue weighted by Crippen LogP contribution is 2.29. The number of hydrogen-bond acceptors (Lipinski definition) is 3. The van der Waals surface area contributed by atoms with Crippen LogP contribution < -0.4 is 9.88 Å². The Labute approximate surface area is 102 Å². The van der Waals surface area contributed by atoms with Gasteiger partial charge in [-0.1, -0.05) is 6.92 Å². The third-order valence-corrected chi connectivity index (χ3v) is 3.30. The van der Waals surface area contributed by atoms with E-state index in [0.717, 1.165) is 18.6 Å². The SMILES string of the molecule is CCCOc1cc(F)c(S(N)(=O)=O)cc1Br. The van der Waals surface area contributed by atoms with E-state index >= 15 is 0 Å². The maximum atomic E-state index is 13.4. The van der Waals surface area contributed by atoms with Crippen molar-refractivity contribution >= 4 is 26.0 Å². The number of sulfonamides is 1. The van der Waals surface area contributed by atoms with E-state index in [9.17, 15) is 12.8 Å². The van der Waals surface area contributed by atoms with Gasteiger partial charge in [0.25, 0.3) is 0 Å². The molecular formula is C9H11BrFNO3S. The van der Waals surface area contributed by atoms with Gasteiger partial charge in [0.2, 0.25) is 10.0 Å². The van der Waals surface area contributed by atoms with E-state index in [2.05, 4.69) is 15.9 Å². The van der Waals surface area contributed by atoms with Crippen LogP contribution >= 0.6 is 15.9 Å². The smallest absolute Gasteiger partial charge is 0.241 e. The minimum Gasteiger partial charge on any atom is -0.492 e. The van der Waals surface area contributed by atoms with Gasteiger partial charge in [0.1, 0.15) is 16.5 Å². The summed E-state index contributed by atoms with van der Waals surface area (Å²) in [7, 11) is -4.05. The molecule has 7 heteroatoms. The van der Waals surface area contributed by atoms with Crippen LogP contribution in [0.15, 0.2) is 21.5 Å². The number of ether oxygens (including phenoxy) is 1. The molecule has 0 aromatic heterocycles. The van der Waals surface area contributed by atoms with E-state index < -0.39 is 20.7 Å². The molecule has 0 unspecified atom stereocenters. The second kappa shape index (κ2) is 5.11. The van der Waals surface area contributed by atoms with E-state index in [1.807, 2.05) is 6.92 Å². The lowest BCUT2D eigenvalue weighted by atomic mass is 10.3. The number of rotatable bonds is 4. The number of benzene rings is 1. The lowest BCUT2D eigenvalue weighted by Gasteiger charge is -2.09. The van der Waals surface area contributed by atoms with E-state index in [1.165, 1.54) is 0 Å². The van der Waals surface area contributed by atoms with Crippen LogP contribution in [-0.4, -0.2) is 15.0 Å². The summed E-state index contributed by atoms with van der Waals surface area (Å²) >= 11 is 3.09. The topological polar surface area (TPSA) is 69.4 Å². The van der Waals surface area contributed by atoms with Crippen LogP contribution in [0.3, 0.4) is 0 Å². The van der Waals surface area contributed by atoms with Gasteiger partial charge in [0, 0.05) is 6.07 Å². The molecule has 0 amide bonds. The highest BCUT2D eigenvalue weighted by Gasteiger charge is 2.17. The lowest BCUT2D eigenvalue weighted by Crippen LogP contribution is -2.14. The fraction of sp³-hybridized carbons (Fsp3) is 0.333. The summed E-state index contributed by atoms with van der Waals surface area (Å²) in [6.45, 7) is 2.33. The molecule has 0 saturated carbocycles. The Morgan fingerprint density at radius 3 is 2.62 bits per heavy atom. The van der Waals surface area contributed by atoms with Crippen molar-refractivity contribution in [1.29, 1.82) is 0 Å². The standard InChI is InChI=1S/C9H11BrFNO3S/c1-2-3-15-8-5-7(11)9(4-6(8)10)16(12,13)14/h4-5H,2-3H2,1H3,(H2,12,13,14). The predicted molar refractivity (Wildman–Crippen MR) is 61.3 cm³/mol. The maximum absolute atomic E-state index is 13.4. The molecule has 0 aliphatic carbocycles. The monoisotopic (exact) mass is 311 g/mol. The molecule has 0 aliphatic rings. The molecule has 0 atom stereocenters. The highest BCUT2D eigenvalue weighted by atomic mass is 79.9. The van der Waals surface area contributed by atoms with Gasteiger partial charge in [0.15, 0.2) is 0 Å². The Morgan fingerprint density at radius 2 is 2.12 bits per heavy atom. The molecule has 0 bridgehead atoms. The molecule has 16 heavy (non-hydrogen) atoms. The molecule has 2 N–H and O–H groups in total. The molecule has 0 spiro atoms. The molecule has 0 heterocycles. The average molecular weight is 312 g/mol. The van der Waals surface area contributed by atoms with Crippen molar-refractivity contribution < 1.29 is 17.5 Å². The van der Waals surface area contributed by atoms with E-state index in [-0.39, 0.29) is 5.75 Å². The van der Waals surface area contributed by atoms with Crippen LogP contribution in [0.1, 0.15) is 13.3 Å². The Kier molecular flexibility index (Phi) is 4.28. The van der Waals surface area contributed by atoms with Crippen molar-refractivity contribution in [1.82, 2.24) is 0 Å². The van der Waals surface area contributed by atoms with Gasteiger partial charge in [-0.15, -0.1) is 0 Å². The maximum Gasteiger partial charge on any atom is 0.241 e. The number of hydrogen-bond donors (Lipinski definition) is 1. The van der Waals surface area contributed by atoms with Crippen LogP contribution in [0.2, 0.25) is 0 Å². The summed E-state index contributed by atoms with van der Waals surface area (Å²) in [6, 6.07) is 2.09. The van der Waals surface area contributed by atoms with E-state index in [1.54, 1.807) is 0 Å². The predicted octanol–water partition coefficient (Wildman–Crippen LogP) is 2.02. The van der Waals surface area contributed by atoms with Crippen molar-refractivity contribution in [3.63, 3.8) is 0 Å². The zero-order chi connectivity index (χ0) is 12.3. The third-order valence-electron chi connectivity index (χ3n) is 1.75. The van der Waals surface area contributed by atoms with E-state index in [0.29, 0.717) is 11.1 Å². The largest absolute Gasteiger partial charge is 0.492 e. The molecule has 0 radical (unpaired) electrons. The quantitative estimate of drug-likeness (QED) is 0.925. The van der Waals surface area contributed by atoms with Crippen LogP contribution in [0.5, 0.6) is 5.75 Å². The van der Waals surface area contributed by atoms with Crippen molar-refractivity contribution in [3.8, 4) is 5.75 Å². The first-order valence-corrected chi connectivity index (χ1v) is 6.85. The molecule has 1 rings (SSSR count). The first kappa shape index (κ1) is 13.4. The highest BCUT2D eigenvalue weighted by molar-refractivity contribution is 9.10. The Balaban J connectivity index is 3.17. The van der Waals surface area contributed by atoms with Gasteiger partial charge in [-0.25, -0.2) is 17.9 Å². The first-order chi connectivity index (χ1) is 7.36. The fourth-order valence-electron chi connectivity index (χ4n) is 1.05. The van der Waals surface area contributed by atoms with Gasteiger partial charge in [0.05, 0.1) is 11.1 Å². The first-order valence-electron chi connectivity index (χ1n) is 4.51. The number of nitrogens with two attached hydrogens (primary N) is 1. The molecular weight excluding hydrogens is 301 g/mol. The number of halogens is 2. The lowest BCUT2D eigenvalue weighted by molar-refractivity contribution is 0.313. The Morgan fingerprint density at radius 1 is 1.50 bits per heavy atom. The van der Waals surface area contributed by atoms with Crippen LogP contribution in [0.25, 0.3) is 0 Å². The van der Waals surface area contributed by atoms with Gasteiger partial charge in [-0.05, 0) is 28.4 Å². The average Bonchev–Trinajstić information content (AvgIpc) is 2.17. The van der Waals surface area contributed by atoms with Gasteiger partial charge < -0.3 is 4.74 Å². The van der Waals surface area contributed by atoms with Crippen LogP contribution in [0.4, 0.5) is 4.39 Å². The molecule has 1 aromatic rings. The van der Waals surface area contributed by atoms with Crippen LogP contribution in [-0.2, 0) is 10.0 Å². The minimum absolute atomic E-state index is 0.256. The van der Waals surface area contributed by atoms with Gasteiger partial charge >= 0.3 is 0 Å². The summed E-state index contributed by atoms with van der Waals surface area (Å²) < 4.78 is 41.0. The Bertz CT molecular complexity index is 490. The van der Waals surface area contributed by atoms with Crippen molar-refractivity contribution in [2.75, 3.05) is 6.61 Å². The zero-order valence-electron chi connectivity index (χ0n) is 8.54. The molecule has 0 aliphatic heterocycles. The summed E-state index contributed by atoms with van der Waals surface area (Å²) in [6.07, 6.45) is 0.769. The minimum atomic E-state index is -4.05. The van der Waals surface area contributed by atoms with Crippen molar-refractivity contribution in [3.05, 3.63) is 22.4 Å². The second-order valence-electron chi connectivity index (χ2n) is 3.11. The molecule has 0 fully saturated rings. The normalized spacial score (nSPS) is 11.5. The molecule has 90 valence electrons. The van der Waals surface area contributed by atoms with Crippen LogP contribution in [0, 0.1) is 5.82 Å². The summed E-state index contributed by atoms with van der Waals surface area (Å²) in [5, 5.41) is 4.85. The molecule has 0 saturated heterocycles. The second-order valence-corrected chi connectivity index (χ2v) is 5.49. The summed E-state index contributed by atoms with van der Waals surface area (Å²) in [5.74, 6) is -0.663. The van der Waals surface area contributed by atoms with Crippen molar-refractivity contribution in [2.24, 2.45) is 5.14 Å².